The van der Waals surface area contributed by atoms with Crippen molar-refractivity contribution in [1.29, 1.82) is 0 Å². The molecule has 0 spiro atoms. The van der Waals surface area contributed by atoms with Crippen LogP contribution in [-0.2, 0) is 4.74 Å². The van der Waals surface area contributed by atoms with Crippen LogP contribution in [0.5, 0.6) is 0 Å². The molecule has 3 nitrogen and oxygen atoms in total. The van der Waals surface area contributed by atoms with Crippen molar-refractivity contribution in [3.8, 4) is 0 Å². The van der Waals surface area contributed by atoms with Gasteiger partial charge < -0.3 is 14.5 Å². The van der Waals surface area contributed by atoms with Crippen LogP contribution in [0.2, 0.25) is 0 Å². The summed E-state index contributed by atoms with van der Waals surface area (Å²) in [5, 5.41) is 3.50. The van der Waals surface area contributed by atoms with E-state index < -0.39 is 0 Å². The molecule has 0 aliphatic heterocycles. The van der Waals surface area contributed by atoms with Gasteiger partial charge in [0, 0.05) is 6.61 Å². The van der Waals surface area contributed by atoms with Crippen LogP contribution < -0.4 is 5.32 Å². The van der Waals surface area contributed by atoms with Crippen molar-refractivity contribution in [1.82, 2.24) is 5.32 Å². The van der Waals surface area contributed by atoms with E-state index in [1.165, 1.54) is 12.8 Å². The summed E-state index contributed by atoms with van der Waals surface area (Å²) in [6, 6.07) is 4.39. The monoisotopic (exact) mass is 237 g/mol. The summed E-state index contributed by atoms with van der Waals surface area (Å²) >= 11 is 0. The SMILES string of the molecule is CCNC(CC1CC(OCC)C1)c1ccco1. The number of furan rings is 1. The average Bonchev–Trinajstić information content (AvgIpc) is 2.78. The fourth-order valence-corrected chi connectivity index (χ4v) is 2.61. The van der Waals surface area contributed by atoms with Gasteiger partial charge in [0.05, 0.1) is 18.4 Å². The van der Waals surface area contributed by atoms with Crippen LogP contribution in [0.25, 0.3) is 0 Å². The fourth-order valence-electron chi connectivity index (χ4n) is 2.61. The molecule has 1 heterocycles. The van der Waals surface area contributed by atoms with Gasteiger partial charge in [-0.15, -0.1) is 0 Å². The molecule has 1 aliphatic rings. The van der Waals surface area contributed by atoms with Gasteiger partial charge in [0.25, 0.3) is 0 Å². The first-order chi connectivity index (χ1) is 8.33. The van der Waals surface area contributed by atoms with Crippen LogP contribution in [-0.4, -0.2) is 19.3 Å². The molecule has 1 fully saturated rings. The fraction of sp³-hybridized carbons (Fsp3) is 0.714. The molecule has 96 valence electrons. The maximum atomic E-state index is 5.60. The Balaban J connectivity index is 1.79. The third-order valence-electron chi connectivity index (χ3n) is 3.50. The smallest absolute Gasteiger partial charge is 0.120 e. The molecule has 0 saturated heterocycles. The first-order valence-electron chi connectivity index (χ1n) is 6.71. The minimum Gasteiger partial charge on any atom is -0.468 e. The first kappa shape index (κ1) is 12.7. The largest absolute Gasteiger partial charge is 0.468 e. The second kappa shape index (κ2) is 6.22. The average molecular weight is 237 g/mol. The van der Waals surface area contributed by atoms with Crippen molar-refractivity contribution < 1.29 is 9.15 Å². The molecule has 1 N–H and O–H groups in total. The molecule has 1 atom stereocenters. The van der Waals surface area contributed by atoms with E-state index >= 15 is 0 Å². The van der Waals surface area contributed by atoms with Gasteiger partial charge in [-0.2, -0.15) is 0 Å². The molecule has 0 bridgehead atoms. The van der Waals surface area contributed by atoms with Crippen LogP contribution in [0.4, 0.5) is 0 Å². The maximum absolute atomic E-state index is 5.60. The maximum Gasteiger partial charge on any atom is 0.120 e. The second-order valence-corrected chi connectivity index (χ2v) is 4.78. The van der Waals surface area contributed by atoms with E-state index in [-0.39, 0.29) is 0 Å². The lowest BCUT2D eigenvalue weighted by Gasteiger charge is -2.36. The Hall–Kier alpha value is -0.800. The zero-order valence-corrected chi connectivity index (χ0v) is 10.8. The van der Waals surface area contributed by atoms with Gasteiger partial charge in [0.15, 0.2) is 0 Å². The standard InChI is InChI=1S/C14H23NO2/c1-3-15-13(14-6-5-7-17-14)10-11-8-12(9-11)16-4-2/h5-7,11-13,15H,3-4,8-10H2,1-2H3. The quantitative estimate of drug-likeness (QED) is 0.791. The summed E-state index contributed by atoms with van der Waals surface area (Å²) in [4.78, 5) is 0. The number of rotatable bonds is 7. The first-order valence-corrected chi connectivity index (χ1v) is 6.71. The lowest BCUT2D eigenvalue weighted by Crippen LogP contribution is -2.34. The van der Waals surface area contributed by atoms with E-state index in [0.29, 0.717) is 12.1 Å². The van der Waals surface area contributed by atoms with Gasteiger partial charge in [-0.3, -0.25) is 0 Å². The van der Waals surface area contributed by atoms with Gasteiger partial charge >= 0.3 is 0 Å². The number of hydrogen-bond donors (Lipinski definition) is 1. The topological polar surface area (TPSA) is 34.4 Å². The van der Waals surface area contributed by atoms with E-state index in [9.17, 15) is 0 Å². The molecular weight excluding hydrogens is 214 g/mol. The van der Waals surface area contributed by atoms with Gasteiger partial charge in [0.1, 0.15) is 5.76 Å². The third kappa shape index (κ3) is 3.33. The number of hydrogen-bond acceptors (Lipinski definition) is 3. The summed E-state index contributed by atoms with van der Waals surface area (Å²) in [7, 11) is 0. The molecule has 17 heavy (non-hydrogen) atoms. The molecule has 0 radical (unpaired) electrons. The molecule has 1 saturated carbocycles. The van der Waals surface area contributed by atoms with Crippen LogP contribution >= 0.6 is 0 Å². The highest BCUT2D eigenvalue weighted by Crippen LogP contribution is 2.36. The number of nitrogens with one attached hydrogen (secondary N) is 1. The van der Waals surface area contributed by atoms with Gasteiger partial charge in [-0.1, -0.05) is 6.92 Å². The van der Waals surface area contributed by atoms with Crippen molar-refractivity contribution in [2.24, 2.45) is 5.92 Å². The predicted octanol–water partition coefficient (Wildman–Crippen LogP) is 3.14. The van der Waals surface area contributed by atoms with Crippen LogP contribution in [0.3, 0.4) is 0 Å². The number of ether oxygens (including phenoxy) is 1. The van der Waals surface area contributed by atoms with Crippen LogP contribution in [0.1, 0.15) is 44.9 Å². The van der Waals surface area contributed by atoms with Crippen LogP contribution in [0, 0.1) is 5.92 Å². The Morgan fingerprint density at radius 2 is 2.29 bits per heavy atom. The minimum absolute atomic E-state index is 0.363. The summed E-state index contributed by atoms with van der Waals surface area (Å²) in [5.74, 6) is 1.84. The molecule has 1 aliphatic carbocycles. The molecule has 0 amide bonds. The van der Waals surface area contributed by atoms with Crippen molar-refractivity contribution in [3.05, 3.63) is 24.2 Å². The molecule has 2 rings (SSSR count). The minimum atomic E-state index is 0.363. The zero-order chi connectivity index (χ0) is 12.1. The van der Waals surface area contributed by atoms with Gasteiger partial charge in [-0.25, -0.2) is 0 Å². The van der Waals surface area contributed by atoms with Crippen molar-refractivity contribution >= 4 is 0 Å². The van der Waals surface area contributed by atoms with Gasteiger partial charge in [-0.05, 0) is 50.8 Å². The predicted molar refractivity (Wildman–Crippen MR) is 67.9 cm³/mol. The van der Waals surface area contributed by atoms with E-state index in [0.717, 1.165) is 31.3 Å². The highest BCUT2D eigenvalue weighted by atomic mass is 16.5. The zero-order valence-electron chi connectivity index (χ0n) is 10.8. The molecule has 1 aromatic rings. The molecule has 1 unspecified atom stereocenters. The molecule has 1 aromatic heterocycles. The molecule has 0 aromatic carbocycles. The Kier molecular flexibility index (Phi) is 4.63. The summed E-state index contributed by atoms with van der Waals surface area (Å²) in [6.45, 7) is 6.02. The second-order valence-electron chi connectivity index (χ2n) is 4.78. The Morgan fingerprint density at radius 3 is 2.88 bits per heavy atom. The highest BCUT2D eigenvalue weighted by molar-refractivity contribution is 5.05. The molecular formula is C14H23NO2. The Bertz CT molecular complexity index is 304. The van der Waals surface area contributed by atoms with Gasteiger partial charge in [0.2, 0.25) is 0 Å². The van der Waals surface area contributed by atoms with E-state index in [1.54, 1.807) is 6.26 Å². The van der Waals surface area contributed by atoms with E-state index in [2.05, 4.69) is 25.2 Å². The normalized spacial score (nSPS) is 25.5. The lowest BCUT2D eigenvalue weighted by molar-refractivity contribution is -0.0296. The van der Waals surface area contributed by atoms with E-state index in [4.69, 9.17) is 9.15 Å². The Labute approximate surface area is 104 Å². The highest BCUT2D eigenvalue weighted by Gasteiger charge is 2.32. The van der Waals surface area contributed by atoms with Crippen molar-refractivity contribution in [3.63, 3.8) is 0 Å². The lowest BCUT2D eigenvalue weighted by atomic mass is 9.78. The summed E-state index contributed by atoms with van der Waals surface area (Å²) in [6.07, 6.45) is 5.82. The van der Waals surface area contributed by atoms with E-state index in [1.807, 2.05) is 6.07 Å². The van der Waals surface area contributed by atoms with Crippen molar-refractivity contribution in [2.45, 2.75) is 45.3 Å². The third-order valence-corrected chi connectivity index (χ3v) is 3.50. The van der Waals surface area contributed by atoms with Crippen molar-refractivity contribution in [2.75, 3.05) is 13.2 Å². The summed E-state index contributed by atoms with van der Waals surface area (Å²) < 4.78 is 11.1. The molecule has 3 heteroatoms. The summed E-state index contributed by atoms with van der Waals surface area (Å²) in [5.41, 5.74) is 0. The van der Waals surface area contributed by atoms with Crippen LogP contribution in [0.15, 0.2) is 22.8 Å². The Morgan fingerprint density at radius 1 is 1.47 bits per heavy atom.